The molecule has 0 atom stereocenters. The standard InChI is InChI=1S/C14H15N3O/c1-17-7-6-12-10(8-17)13(14(15)18)9-4-2-3-5-11(9)16-12/h2-5H,6-8H2,1H3,(H2,15,18). The molecular formula is C14H15N3O. The van der Waals surface area contributed by atoms with Crippen molar-refractivity contribution in [3.63, 3.8) is 0 Å². The zero-order valence-electron chi connectivity index (χ0n) is 10.3. The summed E-state index contributed by atoms with van der Waals surface area (Å²) in [5, 5.41) is 0.860. The maximum absolute atomic E-state index is 11.8. The van der Waals surface area contributed by atoms with Crippen LogP contribution < -0.4 is 5.73 Å². The molecule has 0 saturated heterocycles. The minimum atomic E-state index is -0.361. The van der Waals surface area contributed by atoms with E-state index in [9.17, 15) is 4.79 Å². The highest BCUT2D eigenvalue weighted by Crippen LogP contribution is 2.27. The highest BCUT2D eigenvalue weighted by Gasteiger charge is 2.22. The summed E-state index contributed by atoms with van der Waals surface area (Å²) in [5.41, 5.74) is 9.07. The normalized spacial score (nSPS) is 15.6. The number of amides is 1. The maximum Gasteiger partial charge on any atom is 0.249 e. The van der Waals surface area contributed by atoms with Gasteiger partial charge in [-0.1, -0.05) is 18.2 Å². The van der Waals surface area contributed by atoms with Gasteiger partial charge in [0.15, 0.2) is 0 Å². The fourth-order valence-corrected chi connectivity index (χ4v) is 2.61. The molecule has 1 aliphatic rings. The van der Waals surface area contributed by atoms with E-state index >= 15 is 0 Å². The second-order valence-electron chi connectivity index (χ2n) is 4.78. The van der Waals surface area contributed by atoms with Crippen LogP contribution in [0, 0.1) is 0 Å². The number of pyridine rings is 1. The first kappa shape index (κ1) is 11.2. The number of benzene rings is 1. The lowest BCUT2D eigenvalue weighted by Gasteiger charge is -2.26. The van der Waals surface area contributed by atoms with Crippen LogP contribution in [0.4, 0.5) is 0 Å². The molecule has 3 rings (SSSR count). The molecule has 1 aliphatic heterocycles. The van der Waals surface area contributed by atoms with Gasteiger partial charge >= 0.3 is 0 Å². The van der Waals surface area contributed by atoms with Crippen molar-refractivity contribution in [2.45, 2.75) is 13.0 Å². The van der Waals surface area contributed by atoms with E-state index in [0.29, 0.717) is 5.56 Å². The van der Waals surface area contributed by atoms with Gasteiger partial charge < -0.3 is 10.6 Å². The summed E-state index contributed by atoms with van der Waals surface area (Å²) < 4.78 is 0. The number of carbonyl (C=O) groups excluding carboxylic acids is 1. The molecule has 0 aliphatic carbocycles. The predicted molar refractivity (Wildman–Crippen MR) is 70.3 cm³/mol. The predicted octanol–water partition coefficient (Wildman–Crippen LogP) is 1.32. The largest absolute Gasteiger partial charge is 0.366 e. The molecule has 1 amide bonds. The average molecular weight is 241 g/mol. The van der Waals surface area contributed by atoms with Gasteiger partial charge in [0, 0.05) is 36.2 Å². The zero-order chi connectivity index (χ0) is 12.7. The number of aromatic nitrogens is 1. The highest BCUT2D eigenvalue weighted by atomic mass is 16.1. The lowest BCUT2D eigenvalue weighted by atomic mass is 9.96. The number of primary amides is 1. The van der Waals surface area contributed by atoms with Gasteiger partial charge in [-0.2, -0.15) is 0 Å². The number of hydrogen-bond acceptors (Lipinski definition) is 3. The Kier molecular flexibility index (Phi) is 2.52. The molecule has 0 spiro atoms. The number of para-hydroxylation sites is 1. The second kappa shape index (κ2) is 4.07. The van der Waals surface area contributed by atoms with E-state index in [2.05, 4.69) is 9.88 Å². The van der Waals surface area contributed by atoms with Crippen molar-refractivity contribution in [2.24, 2.45) is 5.73 Å². The third kappa shape index (κ3) is 1.66. The minimum absolute atomic E-state index is 0.361. The minimum Gasteiger partial charge on any atom is -0.366 e. The molecule has 0 saturated carbocycles. The Balaban J connectivity index is 2.36. The molecule has 92 valence electrons. The lowest BCUT2D eigenvalue weighted by molar-refractivity contribution is 0.0999. The van der Waals surface area contributed by atoms with Crippen LogP contribution in [0.5, 0.6) is 0 Å². The van der Waals surface area contributed by atoms with E-state index in [-0.39, 0.29) is 5.91 Å². The zero-order valence-corrected chi connectivity index (χ0v) is 10.3. The number of nitrogens with zero attached hydrogens (tertiary/aromatic N) is 2. The fraction of sp³-hybridized carbons (Fsp3) is 0.286. The monoisotopic (exact) mass is 241 g/mol. The quantitative estimate of drug-likeness (QED) is 0.819. The Bertz CT molecular complexity index is 636. The van der Waals surface area contributed by atoms with Gasteiger partial charge in [0.05, 0.1) is 11.1 Å². The van der Waals surface area contributed by atoms with Crippen LogP contribution in [0.1, 0.15) is 21.6 Å². The first-order valence-electron chi connectivity index (χ1n) is 6.05. The third-order valence-electron chi connectivity index (χ3n) is 3.48. The number of nitrogens with two attached hydrogens (primary N) is 1. The van der Waals surface area contributed by atoms with Crippen molar-refractivity contribution in [1.82, 2.24) is 9.88 Å². The van der Waals surface area contributed by atoms with Crippen molar-refractivity contribution in [3.8, 4) is 0 Å². The van der Waals surface area contributed by atoms with E-state index < -0.39 is 0 Å². The van der Waals surface area contributed by atoms with Crippen molar-refractivity contribution >= 4 is 16.8 Å². The molecular weight excluding hydrogens is 226 g/mol. The van der Waals surface area contributed by atoms with Crippen molar-refractivity contribution in [1.29, 1.82) is 0 Å². The molecule has 2 N–H and O–H groups in total. The molecule has 2 heterocycles. The van der Waals surface area contributed by atoms with Crippen LogP contribution >= 0.6 is 0 Å². The van der Waals surface area contributed by atoms with Crippen molar-refractivity contribution in [2.75, 3.05) is 13.6 Å². The van der Waals surface area contributed by atoms with E-state index in [4.69, 9.17) is 5.73 Å². The summed E-state index contributed by atoms with van der Waals surface area (Å²) in [5.74, 6) is -0.361. The molecule has 2 aromatic rings. The van der Waals surface area contributed by atoms with Crippen LogP contribution in [-0.2, 0) is 13.0 Å². The van der Waals surface area contributed by atoms with Gasteiger partial charge in [-0.25, -0.2) is 0 Å². The Morgan fingerprint density at radius 3 is 2.94 bits per heavy atom. The molecule has 1 aromatic carbocycles. The molecule has 1 aromatic heterocycles. The highest BCUT2D eigenvalue weighted by molar-refractivity contribution is 6.07. The number of fused-ring (bicyclic) bond motifs is 2. The van der Waals surface area contributed by atoms with E-state index in [0.717, 1.165) is 41.7 Å². The third-order valence-corrected chi connectivity index (χ3v) is 3.48. The summed E-state index contributed by atoms with van der Waals surface area (Å²) in [6.45, 7) is 1.71. The van der Waals surface area contributed by atoms with Gasteiger partial charge in [0.2, 0.25) is 5.91 Å². The Morgan fingerprint density at radius 1 is 1.39 bits per heavy atom. The van der Waals surface area contributed by atoms with Crippen LogP contribution in [-0.4, -0.2) is 29.4 Å². The molecule has 0 radical (unpaired) electrons. The van der Waals surface area contributed by atoms with Crippen LogP contribution in [0.25, 0.3) is 10.9 Å². The SMILES string of the molecule is CN1CCc2nc3ccccc3c(C(N)=O)c2C1. The molecule has 0 fully saturated rings. The average Bonchev–Trinajstić information content (AvgIpc) is 2.35. The number of carbonyl (C=O) groups is 1. The van der Waals surface area contributed by atoms with Crippen molar-refractivity contribution in [3.05, 3.63) is 41.1 Å². The summed E-state index contributed by atoms with van der Waals surface area (Å²) in [6.07, 6.45) is 0.872. The van der Waals surface area contributed by atoms with Crippen molar-refractivity contribution < 1.29 is 4.79 Å². The van der Waals surface area contributed by atoms with Gasteiger partial charge in [-0.05, 0) is 13.1 Å². The fourth-order valence-electron chi connectivity index (χ4n) is 2.61. The molecule has 4 heteroatoms. The molecule has 4 nitrogen and oxygen atoms in total. The second-order valence-corrected chi connectivity index (χ2v) is 4.78. The summed E-state index contributed by atoms with van der Waals surface area (Å²) >= 11 is 0. The molecule has 0 unspecified atom stereocenters. The Hall–Kier alpha value is -1.94. The number of rotatable bonds is 1. The first-order chi connectivity index (χ1) is 8.66. The number of likely N-dealkylation sites (N-methyl/N-ethyl adjacent to an activating group) is 1. The summed E-state index contributed by atoms with van der Waals surface area (Å²) in [6, 6.07) is 7.69. The summed E-state index contributed by atoms with van der Waals surface area (Å²) in [4.78, 5) is 18.6. The first-order valence-corrected chi connectivity index (χ1v) is 6.05. The lowest BCUT2D eigenvalue weighted by Crippen LogP contribution is -2.30. The smallest absolute Gasteiger partial charge is 0.249 e. The number of hydrogen-bond donors (Lipinski definition) is 1. The van der Waals surface area contributed by atoms with Gasteiger partial charge in [0.25, 0.3) is 0 Å². The van der Waals surface area contributed by atoms with Crippen LogP contribution in [0.15, 0.2) is 24.3 Å². The van der Waals surface area contributed by atoms with Gasteiger partial charge in [0.1, 0.15) is 0 Å². The molecule has 0 bridgehead atoms. The van der Waals surface area contributed by atoms with Gasteiger partial charge in [-0.15, -0.1) is 0 Å². The maximum atomic E-state index is 11.8. The Morgan fingerprint density at radius 2 is 2.17 bits per heavy atom. The Labute approximate surface area is 105 Å². The van der Waals surface area contributed by atoms with E-state index in [1.54, 1.807) is 0 Å². The molecule has 18 heavy (non-hydrogen) atoms. The van der Waals surface area contributed by atoms with Crippen LogP contribution in [0.3, 0.4) is 0 Å². The van der Waals surface area contributed by atoms with E-state index in [1.807, 2.05) is 31.3 Å². The summed E-state index contributed by atoms with van der Waals surface area (Å²) in [7, 11) is 2.04. The van der Waals surface area contributed by atoms with E-state index in [1.165, 1.54) is 0 Å². The topological polar surface area (TPSA) is 59.2 Å². The van der Waals surface area contributed by atoms with Gasteiger partial charge in [-0.3, -0.25) is 9.78 Å². The van der Waals surface area contributed by atoms with Crippen LogP contribution in [0.2, 0.25) is 0 Å².